The lowest BCUT2D eigenvalue weighted by Crippen LogP contribution is -2.28. The molecule has 2 atom stereocenters. The van der Waals surface area contributed by atoms with E-state index in [4.69, 9.17) is 14.2 Å². The molecule has 40 heavy (non-hydrogen) atoms. The largest absolute Gasteiger partial charge is 0.463 e. The minimum absolute atomic E-state index is 0.0100. The number of benzene rings is 2. The molecule has 0 saturated carbocycles. The summed E-state index contributed by atoms with van der Waals surface area (Å²) in [7, 11) is 0. The first-order valence-corrected chi connectivity index (χ1v) is 12.7. The van der Waals surface area contributed by atoms with E-state index in [2.05, 4.69) is 9.68 Å². The SMILES string of the molecule is CC(OC(=O)C(C)c1ccc2cc(OC(=O)CCCCCO[N+](=O)[O-])ccc2c1)C(=O)OCCCCO[N+](=O)[O-]. The van der Waals surface area contributed by atoms with Gasteiger partial charge >= 0.3 is 17.9 Å². The van der Waals surface area contributed by atoms with Crippen molar-refractivity contribution < 1.29 is 48.4 Å². The summed E-state index contributed by atoms with van der Waals surface area (Å²) in [5.74, 6) is -2.06. The molecule has 0 heterocycles. The minimum atomic E-state index is -1.13. The van der Waals surface area contributed by atoms with E-state index < -0.39 is 40.1 Å². The van der Waals surface area contributed by atoms with Gasteiger partial charge in [0.15, 0.2) is 6.10 Å². The van der Waals surface area contributed by atoms with Gasteiger partial charge in [-0.1, -0.05) is 30.7 Å². The van der Waals surface area contributed by atoms with Crippen LogP contribution in [-0.4, -0.2) is 54.0 Å². The zero-order chi connectivity index (χ0) is 29.5. The average molecular weight is 565 g/mol. The van der Waals surface area contributed by atoms with Gasteiger partial charge in [0.2, 0.25) is 0 Å². The molecule has 2 aromatic rings. The highest BCUT2D eigenvalue weighted by molar-refractivity contribution is 5.88. The molecule has 2 rings (SSSR count). The molecule has 14 nitrogen and oxygen atoms in total. The highest BCUT2D eigenvalue weighted by Crippen LogP contribution is 2.26. The second kappa shape index (κ2) is 16.5. The van der Waals surface area contributed by atoms with Gasteiger partial charge in [-0.15, -0.1) is 20.2 Å². The van der Waals surface area contributed by atoms with Crippen LogP contribution >= 0.6 is 0 Å². The van der Waals surface area contributed by atoms with Crippen LogP contribution < -0.4 is 4.74 Å². The van der Waals surface area contributed by atoms with E-state index in [1.54, 1.807) is 43.3 Å². The van der Waals surface area contributed by atoms with Crippen molar-refractivity contribution in [3.8, 4) is 5.75 Å². The number of rotatable bonds is 18. The van der Waals surface area contributed by atoms with Crippen molar-refractivity contribution >= 4 is 28.7 Å². The summed E-state index contributed by atoms with van der Waals surface area (Å²) in [6.07, 6.45) is 1.30. The normalized spacial score (nSPS) is 12.2. The molecule has 14 heteroatoms. The second-order valence-corrected chi connectivity index (χ2v) is 8.84. The number of unbranched alkanes of at least 4 members (excludes halogenated alkanes) is 3. The molecule has 0 radical (unpaired) electrons. The third kappa shape index (κ3) is 11.5. The predicted molar refractivity (Wildman–Crippen MR) is 138 cm³/mol. The molecule has 0 fully saturated rings. The molecule has 0 spiro atoms. The van der Waals surface area contributed by atoms with Gasteiger partial charge in [-0.2, -0.15) is 0 Å². The van der Waals surface area contributed by atoms with Crippen LogP contribution in [0.5, 0.6) is 5.75 Å². The molecule has 0 aliphatic carbocycles. The molecule has 218 valence electrons. The maximum absolute atomic E-state index is 12.6. The number of hydrogen-bond acceptors (Lipinski definition) is 12. The van der Waals surface area contributed by atoms with E-state index in [-0.39, 0.29) is 26.2 Å². The first kappa shape index (κ1) is 31.7. The molecule has 2 aromatic carbocycles. The quantitative estimate of drug-likeness (QED) is 0.0832. The summed E-state index contributed by atoms with van der Waals surface area (Å²) >= 11 is 0. The molecular weight excluding hydrogens is 532 g/mol. The van der Waals surface area contributed by atoms with E-state index in [1.807, 2.05) is 0 Å². The lowest BCUT2D eigenvalue weighted by atomic mass is 9.98. The van der Waals surface area contributed by atoms with Gasteiger partial charge in [-0.3, -0.25) is 9.59 Å². The van der Waals surface area contributed by atoms with Gasteiger partial charge in [-0.05, 0) is 68.0 Å². The Bertz CT molecular complexity index is 1190. The van der Waals surface area contributed by atoms with Crippen LogP contribution in [0.4, 0.5) is 0 Å². The Kier molecular flexibility index (Phi) is 13.1. The zero-order valence-corrected chi connectivity index (χ0v) is 22.3. The fourth-order valence-electron chi connectivity index (χ4n) is 3.54. The summed E-state index contributed by atoms with van der Waals surface area (Å²) in [6, 6.07) is 10.4. The highest BCUT2D eigenvalue weighted by Gasteiger charge is 2.24. The van der Waals surface area contributed by atoms with Crippen molar-refractivity contribution in [2.75, 3.05) is 19.8 Å². The molecule has 0 aliphatic heterocycles. The summed E-state index contributed by atoms with van der Waals surface area (Å²) in [5, 5.41) is 20.0. The van der Waals surface area contributed by atoms with Crippen molar-refractivity contribution in [1.29, 1.82) is 0 Å². The Morgan fingerprint density at radius 2 is 1.38 bits per heavy atom. The van der Waals surface area contributed by atoms with Crippen LogP contribution in [-0.2, 0) is 33.5 Å². The number of hydrogen-bond donors (Lipinski definition) is 0. The first-order valence-electron chi connectivity index (χ1n) is 12.7. The Morgan fingerprint density at radius 1 is 0.775 bits per heavy atom. The van der Waals surface area contributed by atoms with Crippen molar-refractivity contribution in [3.05, 3.63) is 62.2 Å². The van der Waals surface area contributed by atoms with Crippen LogP contribution in [0.1, 0.15) is 63.9 Å². The van der Waals surface area contributed by atoms with Crippen LogP contribution in [0.2, 0.25) is 0 Å². The van der Waals surface area contributed by atoms with Gasteiger partial charge in [0.1, 0.15) is 5.75 Å². The number of carbonyl (C=O) groups is 3. The van der Waals surface area contributed by atoms with Gasteiger partial charge in [-0.25, -0.2) is 4.79 Å². The van der Waals surface area contributed by atoms with E-state index in [0.717, 1.165) is 10.8 Å². The molecule has 2 unspecified atom stereocenters. The molecule has 0 aliphatic rings. The Morgan fingerprint density at radius 3 is 2.05 bits per heavy atom. The maximum Gasteiger partial charge on any atom is 0.347 e. The number of carbonyl (C=O) groups excluding carboxylic acids is 3. The zero-order valence-electron chi connectivity index (χ0n) is 22.3. The average Bonchev–Trinajstić information content (AvgIpc) is 2.91. The van der Waals surface area contributed by atoms with Crippen molar-refractivity contribution in [3.63, 3.8) is 0 Å². The monoisotopic (exact) mass is 564 g/mol. The van der Waals surface area contributed by atoms with Crippen LogP contribution in [0.15, 0.2) is 36.4 Å². The van der Waals surface area contributed by atoms with E-state index in [1.165, 1.54) is 6.92 Å². The van der Waals surface area contributed by atoms with Gasteiger partial charge in [0, 0.05) is 6.42 Å². The standard InChI is InChI=1S/C26H32N2O12/c1-18(25(30)39-19(2)26(31)36-13-6-7-15-38-28(34)35)20-9-10-22-17-23(12-11-21(22)16-20)40-24(29)8-4-3-5-14-37-27(32)33/h9-12,16-19H,3-8,13-15H2,1-2H3. The molecule has 0 aromatic heterocycles. The molecule has 0 amide bonds. The van der Waals surface area contributed by atoms with Crippen LogP contribution in [0, 0.1) is 20.2 Å². The van der Waals surface area contributed by atoms with Gasteiger partial charge in [0.25, 0.3) is 10.2 Å². The minimum Gasteiger partial charge on any atom is -0.463 e. The van der Waals surface area contributed by atoms with Crippen molar-refractivity contribution in [2.24, 2.45) is 0 Å². The molecule has 0 N–H and O–H groups in total. The van der Waals surface area contributed by atoms with Gasteiger partial charge in [0.05, 0.1) is 25.7 Å². The highest BCUT2D eigenvalue weighted by atomic mass is 17.0. The number of fused-ring (bicyclic) bond motifs is 1. The van der Waals surface area contributed by atoms with E-state index >= 15 is 0 Å². The smallest absolute Gasteiger partial charge is 0.347 e. The summed E-state index contributed by atoms with van der Waals surface area (Å²) in [6.45, 7) is 2.95. The van der Waals surface area contributed by atoms with Gasteiger partial charge < -0.3 is 23.9 Å². The fraction of sp³-hybridized carbons (Fsp3) is 0.500. The number of ether oxygens (including phenoxy) is 3. The predicted octanol–water partition coefficient (Wildman–Crippen LogP) is 4.08. The summed E-state index contributed by atoms with van der Waals surface area (Å²) in [5.41, 5.74) is 0.662. The number of esters is 3. The van der Waals surface area contributed by atoms with E-state index in [0.29, 0.717) is 43.4 Å². The van der Waals surface area contributed by atoms with Crippen molar-refractivity contribution in [1.82, 2.24) is 0 Å². The number of nitrogens with zero attached hydrogens (tertiary/aromatic N) is 2. The fourth-order valence-corrected chi connectivity index (χ4v) is 3.54. The van der Waals surface area contributed by atoms with Crippen molar-refractivity contribution in [2.45, 2.75) is 64.4 Å². The van der Waals surface area contributed by atoms with Crippen LogP contribution in [0.25, 0.3) is 10.8 Å². The first-order chi connectivity index (χ1) is 19.1. The third-order valence-corrected chi connectivity index (χ3v) is 5.75. The lowest BCUT2D eigenvalue weighted by Gasteiger charge is -2.17. The third-order valence-electron chi connectivity index (χ3n) is 5.75. The summed E-state index contributed by atoms with van der Waals surface area (Å²) < 4.78 is 15.7. The summed E-state index contributed by atoms with van der Waals surface area (Å²) in [4.78, 5) is 65.4. The topological polar surface area (TPSA) is 184 Å². The van der Waals surface area contributed by atoms with E-state index in [9.17, 15) is 34.6 Å². The Hall–Kier alpha value is -4.49. The Labute approximate surface area is 229 Å². The van der Waals surface area contributed by atoms with Crippen LogP contribution in [0.3, 0.4) is 0 Å². The second-order valence-electron chi connectivity index (χ2n) is 8.84. The maximum atomic E-state index is 12.6. The molecule has 0 bridgehead atoms. The Balaban J connectivity index is 1.81. The lowest BCUT2D eigenvalue weighted by molar-refractivity contribution is -0.757. The molecular formula is C26H32N2O12. The molecule has 0 saturated heterocycles.